The lowest BCUT2D eigenvalue weighted by Gasteiger charge is -2.36. The van der Waals surface area contributed by atoms with E-state index in [1.165, 1.54) is 11.0 Å². The maximum atomic E-state index is 14.3. The summed E-state index contributed by atoms with van der Waals surface area (Å²) in [7, 11) is -3.91. The highest BCUT2D eigenvalue weighted by atomic mass is 32.2. The molecule has 0 radical (unpaired) electrons. The molecule has 1 aromatic carbocycles. The van der Waals surface area contributed by atoms with Crippen molar-refractivity contribution < 1.29 is 46.6 Å². The van der Waals surface area contributed by atoms with E-state index in [0.717, 1.165) is 5.56 Å². The van der Waals surface area contributed by atoms with Crippen molar-refractivity contribution in [2.75, 3.05) is 13.2 Å². The molecule has 1 aromatic rings. The fourth-order valence-corrected chi connectivity index (χ4v) is 7.53. The molecule has 2 saturated carbocycles. The van der Waals surface area contributed by atoms with E-state index >= 15 is 0 Å². The standard InChI is InChI=1S/C34H46N4O10S/c1-8-21-17-34(21,30(42)37-49(44,45)23-10-11-23)36-27(39)24-16-22(47-29(41)20-9-12-25-19(15-20)13-14-46-25)18-38(24)28(40)26(32(2,3)4)35-31(43)48-33(5,6)7/h8-9,12,15,21-24,26H,1,10-11,13-14,16-18H2,2-7H3,(H,35,43)(H,36,39)(H,37,42)/t21-,22-,24+,26-,34-/m1/s1. The molecule has 5 atom stereocenters. The van der Waals surface area contributed by atoms with Gasteiger partial charge in [0.2, 0.25) is 21.8 Å². The molecule has 3 fully saturated rings. The van der Waals surface area contributed by atoms with Gasteiger partial charge >= 0.3 is 12.1 Å². The SMILES string of the molecule is C=C[C@@H]1C[C@]1(NC(=O)[C@@H]1C[C@@H](OC(=O)c2ccc3c(c2)CCO3)CN1C(=O)[C@@H](NC(=O)OC(C)(C)C)C(C)(C)C)C(=O)NS(=O)(=O)C1CC1. The van der Waals surface area contributed by atoms with Gasteiger partial charge in [-0.15, -0.1) is 6.58 Å². The summed E-state index contributed by atoms with van der Waals surface area (Å²) in [6.45, 7) is 14.3. The quantitative estimate of drug-likeness (QED) is 0.241. The Kier molecular flexibility index (Phi) is 9.56. The molecule has 15 heteroatoms. The zero-order valence-corrected chi connectivity index (χ0v) is 29.6. The Balaban J connectivity index is 1.40. The van der Waals surface area contributed by atoms with Crippen LogP contribution in [0.15, 0.2) is 30.9 Å². The summed E-state index contributed by atoms with van der Waals surface area (Å²) in [5.74, 6) is -2.76. The second-order valence-corrected chi connectivity index (χ2v) is 17.3. The molecule has 4 amide bonds. The monoisotopic (exact) mass is 702 g/mol. The molecular weight excluding hydrogens is 656 g/mol. The van der Waals surface area contributed by atoms with Gasteiger partial charge in [-0.2, -0.15) is 0 Å². The predicted octanol–water partition coefficient (Wildman–Crippen LogP) is 2.36. The fraction of sp³-hybridized carbons (Fsp3) is 0.618. The van der Waals surface area contributed by atoms with E-state index in [1.54, 1.807) is 59.7 Å². The average molecular weight is 703 g/mol. The highest BCUT2D eigenvalue weighted by molar-refractivity contribution is 7.91. The van der Waals surface area contributed by atoms with Gasteiger partial charge < -0.3 is 29.7 Å². The minimum Gasteiger partial charge on any atom is -0.493 e. The van der Waals surface area contributed by atoms with Gasteiger partial charge in [-0.3, -0.25) is 19.1 Å². The summed E-state index contributed by atoms with van der Waals surface area (Å²) in [5, 5.41) is 4.70. The van der Waals surface area contributed by atoms with Gasteiger partial charge in [0.25, 0.3) is 5.91 Å². The largest absolute Gasteiger partial charge is 0.493 e. The van der Waals surface area contributed by atoms with Crippen molar-refractivity contribution in [2.24, 2.45) is 11.3 Å². The zero-order chi connectivity index (χ0) is 36.1. The number of amides is 4. The van der Waals surface area contributed by atoms with Crippen LogP contribution in [0.25, 0.3) is 0 Å². The molecule has 3 N–H and O–H groups in total. The van der Waals surface area contributed by atoms with Crippen LogP contribution in [-0.4, -0.2) is 90.8 Å². The van der Waals surface area contributed by atoms with Crippen LogP contribution in [0, 0.1) is 11.3 Å². The van der Waals surface area contributed by atoms with E-state index in [4.69, 9.17) is 14.2 Å². The Bertz CT molecular complexity index is 1660. The van der Waals surface area contributed by atoms with Crippen molar-refractivity contribution in [1.29, 1.82) is 0 Å². The Labute approximate surface area is 286 Å². The summed E-state index contributed by atoms with van der Waals surface area (Å²) >= 11 is 0. The maximum Gasteiger partial charge on any atom is 0.408 e. The molecule has 2 aliphatic carbocycles. The van der Waals surface area contributed by atoms with E-state index < -0.39 is 85.7 Å². The van der Waals surface area contributed by atoms with Gasteiger partial charge in [0.15, 0.2) is 0 Å². The maximum absolute atomic E-state index is 14.3. The number of ether oxygens (including phenoxy) is 3. The first-order chi connectivity index (χ1) is 22.7. The molecule has 14 nitrogen and oxygen atoms in total. The van der Waals surface area contributed by atoms with Gasteiger partial charge in [0, 0.05) is 18.8 Å². The van der Waals surface area contributed by atoms with E-state index in [1.807, 2.05) is 0 Å². The highest BCUT2D eigenvalue weighted by Gasteiger charge is 2.62. The molecule has 1 saturated heterocycles. The van der Waals surface area contributed by atoms with Crippen LogP contribution in [0.5, 0.6) is 5.75 Å². The molecule has 268 valence electrons. The fourth-order valence-electron chi connectivity index (χ4n) is 6.17. The Hall–Kier alpha value is -4.14. The number of hydrogen-bond donors (Lipinski definition) is 3. The number of likely N-dealkylation sites (tertiary alicyclic amines) is 1. The molecule has 0 bridgehead atoms. The van der Waals surface area contributed by atoms with Gasteiger partial charge in [-0.25, -0.2) is 18.0 Å². The molecule has 49 heavy (non-hydrogen) atoms. The van der Waals surface area contributed by atoms with E-state index in [0.29, 0.717) is 31.6 Å². The highest BCUT2D eigenvalue weighted by Crippen LogP contribution is 2.45. The number of sulfonamides is 1. The topological polar surface area (TPSA) is 187 Å². The smallest absolute Gasteiger partial charge is 0.408 e. The van der Waals surface area contributed by atoms with Crippen LogP contribution in [-0.2, 0) is 40.3 Å². The van der Waals surface area contributed by atoms with E-state index in [9.17, 15) is 32.4 Å². The van der Waals surface area contributed by atoms with Gasteiger partial charge in [0.1, 0.15) is 35.1 Å². The lowest BCUT2D eigenvalue weighted by molar-refractivity contribution is -0.143. The number of alkyl carbamates (subject to hydrolysis) is 1. The number of rotatable bonds is 10. The predicted molar refractivity (Wildman–Crippen MR) is 177 cm³/mol. The van der Waals surface area contributed by atoms with Crippen molar-refractivity contribution in [1.82, 2.24) is 20.3 Å². The van der Waals surface area contributed by atoms with Crippen LogP contribution >= 0.6 is 0 Å². The summed E-state index contributed by atoms with van der Waals surface area (Å²) in [6, 6.07) is 2.56. The van der Waals surface area contributed by atoms with E-state index in [2.05, 4.69) is 21.9 Å². The first kappa shape index (κ1) is 36.1. The molecule has 0 spiro atoms. The molecule has 2 heterocycles. The second-order valence-electron chi connectivity index (χ2n) is 15.3. The Morgan fingerprint density at radius 3 is 2.39 bits per heavy atom. The molecule has 0 unspecified atom stereocenters. The van der Waals surface area contributed by atoms with Crippen LogP contribution < -0.4 is 20.1 Å². The third-order valence-electron chi connectivity index (χ3n) is 9.07. The number of carbonyl (C=O) groups is 5. The summed E-state index contributed by atoms with van der Waals surface area (Å²) in [5.41, 5.74) is -2.13. The number of nitrogens with one attached hydrogen (secondary N) is 3. The average Bonchev–Trinajstić information content (AvgIpc) is 3.88. The van der Waals surface area contributed by atoms with E-state index in [-0.39, 0.29) is 24.9 Å². The zero-order valence-electron chi connectivity index (χ0n) is 28.8. The molecule has 2 aliphatic heterocycles. The normalized spacial score (nSPS) is 25.3. The number of hydrogen-bond acceptors (Lipinski definition) is 10. The van der Waals surface area contributed by atoms with Crippen molar-refractivity contribution in [3.63, 3.8) is 0 Å². The molecule has 0 aromatic heterocycles. The minimum absolute atomic E-state index is 0.111. The lowest BCUT2D eigenvalue weighted by Crippen LogP contribution is -2.60. The van der Waals surface area contributed by atoms with Crippen LogP contribution in [0.4, 0.5) is 4.79 Å². The van der Waals surface area contributed by atoms with Crippen molar-refractivity contribution in [3.05, 3.63) is 42.0 Å². The van der Waals surface area contributed by atoms with Crippen molar-refractivity contribution in [3.8, 4) is 5.75 Å². The Morgan fingerprint density at radius 1 is 1.10 bits per heavy atom. The minimum atomic E-state index is -3.91. The first-order valence-electron chi connectivity index (χ1n) is 16.5. The van der Waals surface area contributed by atoms with Crippen LogP contribution in [0.2, 0.25) is 0 Å². The molecule has 4 aliphatic rings. The number of nitrogens with zero attached hydrogens (tertiary/aromatic N) is 1. The third-order valence-corrected chi connectivity index (χ3v) is 10.9. The Morgan fingerprint density at radius 2 is 1.80 bits per heavy atom. The number of benzene rings is 1. The number of carbonyl (C=O) groups excluding carboxylic acids is 5. The van der Waals surface area contributed by atoms with Gasteiger partial charge in [-0.1, -0.05) is 26.8 Å². The molecular formula is C34H46N4O10S. The third kappa shape index (κ3) is 8.03. The lowest BCUT2D eigenvalue weighted by atomic mass is 9.85. The summed E-state index contributed by atoms with van der Waals surface area (Å²) in [4.78, 5) is 69.1. The van der Waals surface area contributed by atoms with Crippen LogP contribution in [0.3, 0.4) is 0 Å². The second kappa shape index (κ2) is 13.0. The van der Waals surface area contributed by atoms with Crippen molar-refractivity contribution in [2.45, 2.75) is 108 Å². The number of fused-ring (bicyclic) bond motifs is 1. The van der Waals surface area contributed by atoms with Crippen molar-refractivity contribution >= 4 is 39.8 Å². The molecule has 5 rings (SSSR count). The van der Waals surface area contributed by atoms with Gasteiger partial charge in [-0.05, 0) is 69.2 Å². The summed E-state index contributed by atoms with van der Waals surface area (Å²) < 4.78 is 44.1. The first-order valence-corrected chi connectivity index (χ1v) is 18.1. The summed E-state index contributed by atoms with van der Waals surface area (Å²) in [6.07, 6.45) is 1.24. The number of esters is 1. The van der Waals surface area contributed by atoms with Gasteiger partial charge in [0.05, 0.1) is 24.0 Å². The van der Waals surface area contributed by atoms with Crippen LogP contribution in [0.1, 0.15) is 83.1 Å².